The van der Waals surface area contributed by atoms with E-state index in [0.29, 0.717) is 6.54 Å². The zero-order valence-electron chi connectivity index (χ0n) is 10.1. The van der Waals surface area contributed by atoms with Gasteiger partial charge >= 0.3 is 0 Å². The molecule has 0 radical (unpaired) electrons. The van der Waals surface area contributed by atoms with E-state index < -0.39 is 0 Å². The van der Waals surface area contributed by atoms with E-state index >= 15 is 0 Å². The number of rotatable bonds is 2. The number of amides is 1. The van der Waals surface area contributed by atoms with Crippen molar-refractivity contribution in [3.8, 4) is 0 Å². The van der Waals surface area contributed by atoms with E-state index in [0.717, 1.165) is 36.8 Å². The number of likely N-dealkylation sites (tertiary alicyclic amines) is 1. The summed E-state index contributed by atoms with van der Waals surface area (Å²) in [5, 5.41) is 0.964. The molecule has 1 saturated heterocycles. The summed E-state index contributed by atoms with van der Waals surface area (Å²) >= 11 is 0. The third-order valence-corrected chi connectivity index (χ3v) is 3.50. The summed E-state index contributed by atoms with van der Waals surface area (Å²) in [7, 11) is 0. The van der Waals surface area contributed by atoms with Gasteiger partial charge in [0.1, 0.15) is 12.4 Å². The summed E-state index contributed by atoms with van der Waals surface area (Å²) in [5.41, 5.74) is 0.780. The molecule has 1 fully saturated rings. The maximum Gasteiger partial charge on any atom is 0.242 e. The molecule has 0 N–H and O–H groups in total. The maximum atomic E-state index is 13.2. The van der Waals surface area contributed by atoms with Gasteiger partial charge < -0.3 is 9.47 Å². The zero-order chi connectivity index (χ0) is 12.5. The summed E-state index contributed by atoms with van der Waals surface area (Å²) in [6, 6.07) is 6.56. The lowest BCUT2D eigenvalue weighted by Gasteiger charge is -2.16. The Balaban J connectivity index is 1.85. The van der Waals surface area contributed by atoms with Crippen molar-refractivity contribution in [2.75, 3.05) is 13.1 Å². The normalized spacial score (nSPS) is 15.5. The van der Waals surface area contributed by atoms with Crippen LogP contribution in [0, 0.1) is 5.82 Å². The monoisotopic (exact) mass is 246 g/mol. The number of nitrogens with zero attached hydrogens (tertiary/aromatic N) is 2. The smallest absolute Gasteiger partial charge is 0.242 e. The molecule has 1 aromatic heterocycles. The Morgan fingerprint density at radius 1 is 1.22 bits per heavy atom. The number of hydrogen-bond acceptors (Lipinski definition) is 1. The van der Waals surface area contributed by atoms with Crippen LogP contribution in [0.2, 0.25) is 0 Å². The number of halogens is 1. The molecule has 0 bridgehead atoms. The van der Waals surface area contributed by atoms with Gasteiger partial charge in [0.2, 0.25) is 5.91 Å². The van der Waals surface area contributed by atoms with E-state index in [1.807, 2.05) is 21.7 Å². The topological polar surface area (TPSA) is 25.2 Å². The summed E-state index contributed by atoms with van der Waals surface area (Å²) in [4.78, 5) is 13.9. The Morgan fingerprint density at radius 3 is 2.78 bits per heavy atom. The van der Waals surface area contributed by atoms with Crippen LogP contribution in [0.25, 0.3) is 10.9 Å². The minimum Gasteiger partial charge on any atom is -0.341 e. The molecule has 2 heterocycles. The predicted octanol–water partition coefficient (Wildman–Crippen LogP) is 2.40. The third kappa shape index (κ3) is 1.98. The fourth-order valence-corrected chi connectivity index (χ4v) is 2.51. The number of benzene rings is 1. The minimum atomic E-state index is -0.268. The molecule has 0 unspecified atom stereocenters. The molecule has 94 valence electrons. The number of carbonyl (C=O) groups is 1. The molecule has 1 aromatic carbocycles. The standard InChI is InChI=1S/C14H15FN2O/c15-12-4-3-11-5-8-17(13(11)9-12)10-14(18)16-6-1-2-7-16/h3-5,8-9H,1-2,6-7,10H2. The first-order valence-corrected chi connectivity index (χ1v) is 6.26. The SMILES string of the molecule is O=C(Cn1ccc2ccc(F)cc21)N1CCCC1. The zero-order valence-corrected chi connectivity index (χ0v) is 10.1. The van der Waals surface area contributed by atoms with E-state index in [2.05, 4.69) is 0 Å². The van der Waals surface area contributed by atoms with Gasteiger partial charge in [0.25, 0.3) is 0 Å². The number of hydrogen-bond donors (Lipinski definition) is 0. The first-order chi connectivity index (χ1) is 8.74. The van der Waals surface area contributed by atoms with Gasteiger partial charge in [-0.15, -0.1) is 0 Å². The second kappa shape index (κ2) is 4.44. The van der Waals surface area contributed by atoms with Gasteiger partial charge in [0.05, 0.1) is 5.52 Å². The lowest BCUT2D eigenvalue weighted by atomic mass is 10.2. The first kappa shape index (κ1) is 11.3. The van der Waals surface area contributed by atoms with Crippen molar-refractivity contribution in [3.63, 3.8) is 0 Å². The second-order valence-electron chi connectivity index (χ2n) is 4.73. The van der Waals surface area contributed by atoms with Gasteiger partial charge in [-0.05, 0) is 42.5 Å². The molecule has 2 aromatic rings. The molecule has 1 aliphatic heterocycles. The Hall–Kier alpha value is -1.84. The van der Waals surface area contributed by atoms with E-state index in [1.165, 1.54) is 12.1 Å². The Bertz CT molecular complexity index is 584. The van der Waals surface area contributed by atoms with E-state index in [1.54, 1.807) is 6.07 Å². The quantitative estimate of drug-likeness (QED) is 0.798. The molecule has 0 spiro atoms. The van der Waals surface area contributed by atoms with E-state index in [4.69, 9.17) is 0 Å². The molecular weight excluding hydrogens is 231 g/mol. The fourth-order valence-electron chi connectivity index (χ4n) is 2.51. The highest BCUT2D eigenvalue weighted by molar-refractivity contribution is 5.83. The summed E-state index contributed by atoms with van der Waals surface area (Å²) < 4.78 is 15.0. The van der Waals surface area contributed by atoms with Crippen molar-refractivity contribution in [3.05, 3.63) is 36.3 Å². The summed E-state index contributed by atoms with van der Waals surface area (Å²) in [5.74, 6) is -0.148. The van der Waals surface area contributed by atoms with Crippen molar-refractivity contribution in [2.45, 2.75) is 19.4 Å². The van der Waals surface area contributed by atoms with Crippen molar-refractivity contribution < 1.29 is 9.18 Å². The highest BCUT2D eigenvalue weighted by atomic mass is 19.1. The summed E-state index contributed by atoms with van der Waals surface area (Å²) in [6.45, 7) is 2.01. The molecule has 4 heteroatoms. The highest BCUT2D eigenvalue weighted by Gasteiger charge is 2.18. The van der Waals surface area contributed by atoms with Crippen LogP contribution < -0.4 is 0 Å². The van der Waals surface area contributed by atoms with Crippen molar-refractivity contribution in [2.24, 2.45) is 0 Å². The van der Waals surface area contributed by atoms with Crippen LogP contribution in [-0.2, 0) is 11.3 Å². The van der Waals surface area contributed by atoms with Crippen LogP contribution in [0.3, 0.4) is 0 Å². The number of aromatic nitrogens is 1. The van der Waals surface area contributed by atoms with Crippen molar-refractivity contribution in [1.82, 2.24) is 9.47 Å². The molecule has 3 nitrogen and oxygen atoms in total. The van der Waals surface area contributed by atoms with Gasteiger partial charge in [0.15, 0.2) is 0 Å². The van der Waals surface area contributed by atoms with Crippen LogP contribution >= 0.6 is 0 Å². The van der Waals surface area contributed by atoms with Crippen molar-refractivity contribution >= 4 is 16.8 Å². The summed E-state index contributed by atoms with van der Waals surface area (Å²) in [6.07, 6.45) is 4.03. The first-order valence-electron chi connectivity index (χ1n) is 6.26. The van der Waals surface area contributed by atoms with Gasteiger partial charge in [-0.1, -0.05) is 0 Å². The molecule has 0 atom stereocenters. The minimum absolute atomic E-state index is 0.120. The average molecular weight is 246 g/mol. The molecule has 0 saturated carbocycles. The Labute approximate surface area is 105 Å². The van der Waals surface area contributed by atoms with E-state index in [-0.39, 0.29) is 11.7 Å². The van der Waals surface area contributed by atoms with Crippen LogP contribution in [0.1, 0.15) is 12.8 Å². The van der Waals surface area contributed by atoms with Crippen LogP contribution in [0.5, 0.6) is 0 Å². The van der Waals surface area contributed by atoms with Gasteiger partial charge in [-0.25, -0.2) is 4.39 Å². The van der Waals surface area contributed by atoms with Crippen LogP contribution in [0.4, 0.5) is 4.39 Å². The second-order valence-corrected chi connectivity index (χ2v) is 4.73. The molecule has 0 aliphatic carbocycles. The molecule has 1 amide bonds. The lowest BCUT2D eigenvalue weighted by Crippen LogP contribution is -2.30. The van der Waals surface area contributed by atoms with Crippen molar-refractivity contribution in [1.29, 1.82) is 0 Å². The fraction of sp³-hybridized carbons (Fsp3) is 0.357. The number of carbonyl (C=O) groups excluding carboxylic acids is 1. The van der Waals surface area contributed by atoms with Gasteiger partial charge in [-0.2, -0.15) is 0 Å². The highest BCUT2D eigenvalue weighted by Crippen LogP contribution is 2.18. The molecule has 1 aliphatic rings. The molecule has 3 rings (SSSR count). The molecule has 18 heavy (non-hydrogen) atoms. The number of fused-ring (bicyclic) bond motifs is 1. The van der Waals surface area contributed by atoms with Crippen LogP contribution in [-0.4, -0.2) is 28.5 Å². The molecular formula is C14H15FN2O. The predicted molar refractivity (Wildman–Crippen MR) is 67.7 cm³/mol. The lowest BCUT2D eigenvalue weighted by molar-refractivity contribution is -0.130. The van der Waals surface area contributed by atoms with Crippen LogP contribution in [0.15, 0.2) is 30.5 Å². The van der Waals surface area contributed by atoms with E-state index in [9.17, 15) is 9.18 Å². The van der Waals surface area contributed by atoms with Gasteiger partial charge in [-0.3, -0.25) is 4.79 Å². The van der Waals surface area contributed by atoms with Gasteiger partial charge in [0, 0.05) is 19.3 Å². The third-order valence-electron chi connectivity index (χ3n) is 3.50. The Kier molecular flexibility index (Phi) is 2.78. The maximum absolute atomic E-state index is 13.2. The average Bonchev–Trinajstić information content (AvgIpc) is 2.99. The Morgan fingerprint density at radius 2 is 2.00 bits per heavy atom. The largest absolute Gasteiger partial charge is 0.341 e.